The smallest absolute Gasteiger partial charge is 0.222 e. The molecule has 1 atom stereocenters. The summed E-state index contributed by atoms with van der Waals surface area (Å²) in [5.74, 6) is 1.54. The van der Waals surface area contributed by atoms with Crippen LogP contribution in [0.1, 0.15) is 105 Å². The van der Waals surface area contributed by atoms with Crippen LogP contribution in [-0.2, 0) is 16.0 Å². The zero-order valence-electron chi connectivity index (χ0n) is 23.2. The minimum absolute atomic E-state index is 0. The molecule has 1 N–H and O–H groups in total. The molecule has 35 heavy (non-hydrogen) atoms. The maximum Gasteiger partial charge on any atom is 0.222 e. The van der Waals surface area contributed by atoms with Crippen LogP contribution in [0.3, 0.4) is 0 Å². The number of Topliss-reactive ketones (excluding diaryl/α,β-unsaturated/α-hetero) is 1. The van der Waals surface area contributed by atoms with Crippen LogP contribution < -0.4 is 10.1 Å². The number of carbonyl (C=O) groups is 2. The molecule has 0 aromatic heterocycles. The van der Waals surface area contributed by atoms with Crippen LogP contribution in [0.2, 0.25) is 0 Å². The summed E-state index contributed by atoms with van der Waals surface area (Å²) in [5.41, 5.74) is 1.14. The SMILES string of the molecule is CCC.CN[C@@H](Cc1ccc(OCCCCCCCCC(=O)N2CCCCC2)cc1)C(=O)C(C)C.[HH]. The number of nitrogens with one attached hydrogen (secondary N) is 1. The lowest BCUT2D eigenvalue weighted by Gasteiger charge is -2.26. The van der Waals surface area contributed by atoms with Crippen molar-refractivity contribution in [3.63, 3.8) is 0 Å². The van der Waals surface area contributed by atoms with Crippen LogP contribution in [0.5, 0.6) is 5.75 Å². The zero-order chi connectivity index (χ0) is 25.9. The predicted octanol–water partition coefficient (Wildman–Crippen LogP) is 6.83. The fraction of sp³-hybridized carbons (Fsp3) is 0.733. The van der Waals surface area contributed by atoms with Crippen LogP contribution in [-0.4, -0.2) is 49.4 Å². The second kappa shape index (κ2) is 19.3. The van der Waals surface area contributed by atoms with E-state index in [4.69, 9.17) is 4.74 Å². The molecule has 2 rings (SSSR count). The van der Waals surface area contributed by atoms with E-state index in [2.05, 4.69) is 36.2 Å². The van der Waals surface area contributed by atoms with Crippen molar-refractivity contribution in [3.05, 3.63) is 29.8 Å². The number of likely N-dealkylation sites (N-methyl/N-ethyl adjacent to an activating group) is 1. The third-order valence-corrected chi connectivity index (χ3v) is 6.39. The number of carbonyl (C=O) groups excluding carboxylic acids is 2. The molecule has 1 fully saturated rings. The van der Waals surface area contributed by atoms with Crippen LogP contribution >= 0.6 is 0 Å². The van der Waals surface area contributed by atoms with E-state index in [1.165, 1.54) is 44.9 Å². The van der Waals surface area contributed by atoms with E-state index in [9.17, 15) is 9.59 Å². The molecule has 0 aliphatic carbocycles. The Morgan fingerprint density at radius 3 is 2.09 bits per heavy atom. The number of hydrogen-bond donors (Lipinski definition) is 1. The van der Waals surface area contributed by atoms with E-state index in [0.717, 1.165) is 56.7 Å². The van der Waals surface area contributed by atoms with Crippen molar-refractivity contribution < 1.29 is 15.8 Å². The van der Waals surface area contributed by atoms with Gasteiger partial charge in [0.05, 0.1) is 12.6 Å². The summed E-state index contributed by atoms with van der Waals surface area (Å²) in [6.07, 6.45) is 13.1. The van der Waals surface area contributed by atoms with Crippen LogP contribution in [0.25, 0.3) is 0 Å². The zero-order valence-corrected chi connectivity index (χ0v) is 23.2. The largest absolute Gasteiger partial charge is 0.494 e. The number of amides is 1. The summed E-state index contributed by atoms with van der Waals surface area (Å²) in [7, 11) is 1.84. The van der Waals surface area contributed by atoms with Crippen molar-refractivity contribution in [1.82, 2.24) is 10.2 Å². The quantitative estimate of drug-likeness (QED) is 0.274. The van der Waals surface area contributed by atoms with Gasteiger partial charge in [0.2, 0.25) is 5.91 Å². The van der Waals surface area contributed by atoms with E-state index in [1.807, 2.05) is 33.0 Å². The van der Waals surface area contributed by atoms with Crippen molar-refractivity contribution in [1.29, 1.82) is 0 Å². The summed E-state index contributed by atoms with van der Waals surface area (Å²) < 4.78 is 5.87. The van der Waals surface area contributed by atoms with Gasteiger partial charge in [-0.1, -0.05) is 71.9 Å². The van der Waals surface area contributed by atoms with Gasteiger partial charge in [0, 0.05) is 26.9 Å². The molecule has 1 aliphatic rings. The Hall–Kier alpha value is -1.88. The number of rotatable bonds is 15. The van der Waals surface area contributed by atoms with Crippen molar-refractivity contribution in [2.75, 3.05) is 26.7 Å². The first-order valence-corrected chi connectivity index (χ1v) is 14.1. The third-order valence-electron chi connectivity index (χ3n) is 6.39. The Kier molecular flexibility index (Phi) is 17.2. The lowest BCUT2D eigenvalue weighted by Crippen LogP contribution is -2.38. The molecule has 202 valence electrons. The lowest BCUT2D eigenvalue weighted by atomic mass is 9.96. The van der Waals surface area contributed by atoms with E-state index in [0.29, 0.717) is 12.3 Å². The number of hydrogen-bond acceptors (Lipinski definition) is 4. The Morgan fingerprint density at radius 1 is 0.943 bits per heavy atom. The molecule has 1 heterocycles. The number of ketones is 1. The number of benzene rings is 1. The molecule has 0 saturated carbocycles. The van der Waals surface area contributed by atoms with Crippen LogP contribution in [0.15, 0.2) is 24.3 Å². The minimum atomic E-state index is -0.135. The summed E-state index contributed by atoms with van der Waals surface area (Å²) in [4.78, 5) is 26.4. The highest BCUT2D eigenvalue weighted by molar-refractivity contribution is 5.86. The first-order chi connectivity index (χ1) is 16.9. The van der Waals surface area contributed by atoms with E-state index in [1.54, 1.807) is 0 Å². The van der Waals surface area contributed by atoms with Gasteiger partial charge in [-0.25, -0.2) is 0 Å². The Bertz CT molecular complexity index is 688. The Morgan fingerprint density at radius 2 is 1.51 bits per heavy atom. The Labute approximate surface area is 216 Å². The van der Waals surface area contributed by atoms with Crippen molar-refractivity contribution in [2.24, 2.45) is 5.92 Å². The van der Waals surface area contributed by atoms with E-state index < -0.39 is 0 Å². The van der Waals surface area contributed by atoms with Gasteiger partial charge in [0.1, 0.15) is 5.75 Å². The van der Waals surface area contributed by atoms with Crippen molar-refractivity contribution in [3.8, 4) is 5.75 Å². The second-order valence-electron chi connectivity index (χ2n) is 10.1. The fourth-order valence-corrected chi connectivity index (χ4v) is 4.28. The summed E-state index contributed by atoms with van der Waals surface area (Å²) >= 11 is 0. The van der Waals surface area contributed by atoms with Gasteiger partial charge >= 0.3 is 0 Å². The number of unbranched alkanes of at least 4 members (excludes halogenated alkanes) is 5. The molecule has 5 nitrogen and oxygen atoms in total. The van der Waals surface area contributed by atoms with Gasteiger partial charge in [0.25, 0.3) is 0 Å². The van der Waals surface area contributed by atoms with Gasteiger partial charge in [-0.2, -0.15) is 0 Å². The van der Waals surface area contributed by atoms with Gasteiger partial charge in [-0.15, -0.1) is 0 Å². The van der Waals surface area contributed by atoms with Crippen LogP contribution in [0, 0.1) is 5.92 Å². The molecule has 1 aliphatic heterocycles. The molecule has 0 bridgehead atoms. The van der Waals surface area contributed by atoms with E-state index in [-0.39, 0.29) is 19.2 Å². The summed E-state index contributed by atoms with van der Waals surface area (Å²) in [6.45, 7) is 10.8. The maximum atomic E-state index is 12.2. The lowest BCUT2D eigenvalue weighted by molar-refractivity contribution is -0.132. The van der Waals surface area contributed by atoms with Crippen molar-refractivity contribution >= 4 is 11.7 Å². The maximum absolute atomic E-state index is 12.2. The first-order valence-electron chi connectivity index (χ1n) is 14.1. The standard InChI is InChI=1S/C27H44N2O3.C3H8.H2/c1-22(2)27(31)25(28-3)21-23-14-16-24(17-15-23)32-20-12-7-5-4-6-9-13-26(30)29-18-10-8-11-19-29;1-3-2;/h14-17,22,25,28H,4-13,18-21H2,1-3H3;3H2,1-2H3;1H/t25-;;/m0../s1. The number of nitrogens with zero attached hydrogens (tertiary/aromatic N) is 1. The molecule has 0 spiro atoms. The number of likely N-dealkylation sites (tertiary alicyclic amines) is 1. The highest BCUT2D eigenvalue weighted by atomic mass is 16.5. The Balaban J connectivity index is 0.00000291. The second-order valence-corrected chi connectivity index (χ2v) is 10.1. The minimum Gasteiger partial charge on any atom is -0.494 e. The van der Waals surface area contributed by atoms with E-state index >= 15 is 0 Å². The fourth-order valence-electron chi connectivity index (χ4n) is 4.28. The average Bonchev–Trinajstić information content (AvgIpc) is 2.87. The van der Waals surface area contributed by atoms with Gasteiger partial charge in [-0.3, -0.25) is 9.59 Å². The summed E-state index contributed by atoms with van der Waals surface area (Å²) in [5, 5.41) is 3.13. The number of piperidine rings is 1. The molecule has 1 aromatic carbocycles. The van der Waals surface area contributed by atoms with Gasteiger partial charge in [-0.05, 0) is 63.3 Å². The molecule has 1 saturated heterocycles. The predicted molar refractivity (Wildman–Crippen MR) is 149 cm³/mol. The highest BCUT2D eigenvalue weighted by Gasteiger charge is 2.19. The van der Waals surface area contributed by atoms with Gasteiger partial charge < -0.3 is 15.0 Å². The molecular weight excluding hydrogens is 436 g/mol. The summed E-state index contributed by atoms with van der Waals surface area (Å²) in [6, 6.07) is 7.98. The monoisotopic (exact) mass is 490 g/mol. The molecular formula is C30H54N2O3. The molecule has 1 amide bonds. The van der Waals surface area contributed by atoms with Crippen molar-refractivity contribution in [2.45, 2.75) is 111 Å². The first kappa shape index (κ1) is 31.2. The molecule has 1 aromatic rings. The number of ether oxygens (including phenoxy) is 1. The normalized spacial score (nSPS) is 14.3. The highest BCUT2D eigenvalue weighted by Crippen LogP contribution is 2.16. The topological polar surface area (TPSA) is 58.6 Å². The third kappa shape index (κ3) is 13.7. The molecule has 0 unspecified atom stereocenters. The molecule has 5 heteroatoms. The average molecular weight is 491 g/mol. The molecule has 0 radical (unpaired) electrons. The van der Waals surface area contributed by atoms with Gasteiger partial charge in [0.15, 0.2) is 5.78 Å². The van der Waals surface area contributed by atoms with Crippen LogP contribution in [0.4, 0.5) is 0 Å².